The summed E-state index contributed by atoms with van der Waals surface area (Å²) in [5.74, 6) is 0. The smallest absolute Gasteiger partial charge is 0.0696 e. The Morgan fingerprint density at radius 2 is 2.16 bits per heavy atom. The fourth-order valence-corrected chi connectivity index (χ4v) is 3.27. The number of nitrogens with two attached hydrogens (primary N) is 1. The Hall–Kier alpha value is -0.740. The van der Waals surface area contributed by atoms with Crippen molar-refractivity contribution in [1.29, 1.82) is 0 Å². The third kappa shape index (κ3) is 3.42. The molecule has 4 heteroatoms. The van der Waals surface area contributed by atoms with E-state index in [2.05, 4.69) is 35.1 Å². The molecule has 0 aliphatic carbocycles. The third-order valence-electron chi connectivity index (χ3n) is 4.13. The monoisotopic (exact) mass is 326 g/mol. The van der Waals surface area contributed by atoms with E-state index in [1.165, 1.54) is 0 Å². The van der Waals surface area contributed by atoms with E-state index in [1.54, 1.807) is 0 Å². The second-order valence-electron chi connectivity index (χ2n) is 5.31. The van der Waals surface area contributed by atoms with Gasteiger partial charge in [0, 0.05) is 28.5 Å². The minimum absolute atomic E-state index is 0.0518. The van der Waals surface area contributed by atoms with Gasteiger partial charge in [0.25, 0.3) is 0 Å². The van der Waals surface area contributed by atoms with Crippen LogP contribution in [0.4, 0.5) is 11.4 Å². The number of benzene rings is 1. The molecule has 1 atom stereocenters. The number of ether oxygens (including phenoxy) is 1. The van der Waals surface area contributed by atoms with Gasteiger partial charge in [0.2, 0.25) is 0 Å². The first-order valence-corrected chi connectivity index (χ1v) is 7.83. The topological polar surface area (TPSA) is 47.3 Å². The summed E-state index contributed by atoms with van der Waals surface area (Å²) in [5, 5.41) is 3.62. The highest BCUT2D eigenvalue weighted by Gasteiger charge is 2.34. The lowest BCUT2D eigenvalue weighted by atomic mass is 9.86. The van der Waals surface area contributed by atoms with Crippen molar-refractivity contribution < 1.29 is 4.74 Å². The van der Waals surface area contributed by atoms with Gasteiger partial charge in [0.15, 0.2) is 0 Å². The lowest BCUT2D eigenvalue weighted by Crippen LogP contribution is -2.43. The van der Waals surface area contributed by atoms with Gasteiger partial charge in [0.1, 0.15) is 0 Å². The Morgan fingerprint density at radius 1 is 1.42 bits per heavy atom. The van der Waals surface area contributed by atoms with Crippen LogP contribution < -0.4 is 11.1 Å². The molecule has 0 amide bonds. The minimum Gasteiger partial charge on any atom is -0.399 e. The zero-order chi connectivity index (χ0) is 13.9. The summed E-state index contributed by atoms with van der Waals surface area (Å²) in [4.78, 5) is 0. The molecule has 1 aliphatic rings. The normalized spacial score (nSPS) is 22.2. The van der Waals surface area contributed by atoms with Gasteiger partial charge in [0.05, 0.1) is 5.60 Å². The number of nitrogen functional groups attached to an aromatic ring is 1. The van der Waals surface area contributed by atoms with Crippen LogP contribution in [0.25, 0.3) is 0 Å². The summed E-state index contributed by atoms with van der Waals surface area (Å²) in [7, 11) is 0. The molecule has 1 aromatic rings. The fourth-order valence-electron chi connectivity index (χ4n) is 2.76. The third-order valence-corrected chi connectivity index (χ3v) is 4.79. The molecular formula is C15H23BrN2O. The second kappa shape index (κ2) is 6.14. The highest BCUT2D eigenvalue weighted by atomic mass is 79.9. The molecule has 19 heavy (non-hydrogen) atoms. The summed E-state index contributed by atoms with van der Waals surface area (Å²) in [5.41, 5.74) is 7.71. The molecule has 0 saturated carbocycles. The summed E-state index contributed by atoms with van der Waals surface area (Å²) in [6.45, 7) is 5.27. The van der Waals surface area contributed by atoms with Gasteiger partial charge in [-0.05, 0) is 59.8 Å². The van der Waals surface area contributed by atoms with Crippen molar-refractivity contribution in [2.45, 2.75) is 51.2 Å². The standard InChI is InChI=1S/C15H23BrN2O/c1-3-15(4-2)10-12(7-8-19-15)18-14-6-5-11(17)9-13(14)16/h5-6,9,12,18H,3-4,7-8,10,17H2,1-2H3. The van der Waals surface area contributed by atoms with Gasteiger partial charge in [-0.25, -0.2) is 0 Å². The molecular weight excluding hydrogens is 304 g/mol. The van der Waals surface area contributed by atoms with Gasteiger partial charge < -0.3 is 15.8 Å². The van der Waals surface area contributed by atoms with Gasteiger partial charge >= 0.3 is 0 Å². The molecule has 1 heterocycles. The highest BCUT2D eigenvalue weighted by Crippen LogP contribution is 2.34. The molecule has 1 aliphatic heterocycles. The van der Waals surface area contributed by atoms with Crippen molar-refractivity contribution in [2.24, 2.45) is 0 Å². The average molecular weight is 327 g/mol. The first-order valence-electron chi connectivity index (χ1n) is 7.04. The number of anilines is 2. The van der Waals surface area contributed by atoms with E-state index in [-0.39, 0.29) is 5.60 Å². The first kappa shape index (κ1) is 14.7. The number of nitrogens with one attached hydrogen (secondary N) is 1. The molecule has 3 N–H and O–H groups in total. The van der Waals surface area contributed by atoms with Gasteiger partial charge in [-0.15, -0.1) is 0 Å². The van der Waals surface area contributed by atoms with E-state index >= 15 is 0 Å². The number of hydrogen-bond donors (Lipinski definition) is 2. The van der Waals surface area contributed by atoms with E-state index < -0.39 is 0 Å². The minimum atomic E-state index is 0.0518. The summed E-state index contributed by atoms with van der Waals surface area (Å²) in [6.07, 6.45) is 4.27. The van der Waals surface area contributed by atoms with Crippen LogP contribution >= 0.6 is 15.9 Å². The predicted molar refractivity (Wildman–Crippen MR) is 84.5 cm³/mol. The Labute approximate surface area is 124 Å². The maximum atomic E-state index is 6.01. The van der Waals surface area contributed by atoms with Crippen LogP contribution in [-0.2, 0) is 4.74 Å². The Morgan fingerprint density at radius 3 is 2.79 bits per heavy atom. The average Bonchev–Trinajstić information content (AvgIpc) is 2.42. The molecule has 2 rings (SSSR count). The molecule has 0 bridgehead atoms. The number of halogens is 1. The van der Waals surface area contributed by atoms with Gasteiger partial charge in [-0.3, -0.25) is 0 Å². The zero-order valence-corrected chi connectivity index (χ0v) is 13.3. The van der Waals surface area contributed by atoms with Crippen LogP contribution in [0, 0.1) is 0 Å². The first-order chi connectivity index (χ1) is 9.08. The molecule has 3 nitrogen and oxygen atoms in total. The van der Waals surface area contributed by atoms with Crippen LogP contribution in [0.1, 0.15) is 39.5 Å². The van der Waals surface area contributed by atoms with E-state index in [4.69, 9.17) is 10.5 Å². The Bertz CT molecular complexity index is 432. The second-order valence-corrected chi connectivity index (χ2v) is 6.17. The van der Waals surface area contributed by atoms with Crippen molar-refractivity contribution in [3.8, 4) is 0 Å². The largest absolute Gasteiger partial charge is 0.399 e. The van der Waals surface area contributed by atoms with Crippen molar-refractivity contribution >= 4 is 27.3 Å². The molecule has 0 aromatic heterocycles. The molecule has 1 fully saturated rings. The fraction of sp³-hybridized carbons (Fsp3) is 0.600. The van der Waals surface area contributed by atoms with Gasteiger partial charge in [-0.2, -0.15) is 0 Å². The molecule has 1 aromatic carbocycles. The van der Waals surface area contributed by atoms with E-state index in [0.29, 0.717) is 6.04 Å². The summed E-state index contributed by atoms with van der Waals surface area (Å²) >= 11 is 3.56. The lowest BCUT2D eigenvalue weighted by molar-refractivity contribution is -0.0864. The summed E-state index contributed by atoms with van der Waals surface area (Å²) < 4.78 is 7.04. The number of rotatable bonds is 4. The summed E-state index contributed by atoms with van der Waals surface area (Å²) in [6, 6.07) is 6.37. The van der Waals surface area contributed by atoms with Crippen molar-refractivity contribution in [3.05, 3.63) is 22.7 Å². The maximum absolute atomic E-state index is 6.01. The zero-order valence-electron chi connectivity index (χ0n) is 11.7. The number of hydrogen-bond acceptors (Lipinski definition) is 3. The van der Waals surface area contributed by atoms with E-state index in [9.17, 15) is 0 Å². The van der Waals surface area contributed by atoms with E-state index in [0.717, 1.165) is 48.1 Å². The lowest BCUT2D eigenvalue weighted by Gasteiger charge is -2.40. The Balaban J connectivity index is 2.06. The SMILES string of the molecule is CCC1(CC)CC(Nc2ccc(N)cc2Br)CCO1. The van der Waals surface area contributed by atoms with Crippen LogP contribution in [0.5, 0.6) is 0 Å². The van der Waals surface area contributed by atoms with E-state index in [1.807, 2.05) is 18.2 Å². The molecule has 0 spiro atoms. The maximum Gasteiger partial charge on any atom is 0.0696 e. The highest BCUT2D eigenvalue weighted by molar-refractivity contribution is 9.10. The molecule has 106 valence electrons. The molecule has 0 radical (unpaired) electrons. The Kier molecular flexibility index (Phi) is 4.74. The van der Waals surface area contributed by atoms with Crippen LogP contribution in [0.15, 0.2) is 22.7 Å². The van der Waals surface area contributed by atoms with Gasteiger partial charge in [-0.1, -0.05) is 13.8 Å². The van der Waals surface area contributed by atoms with Crippen molar-refractivity contribution in [2.75, 3.05) is 17.7 Å². The quantitative estimate of drug-likeness (QED) is 0.816. The van der Waals surface area contributed by atoms with Crippen LogP contribution in [-0.4, -0.2) is 18.2 Å². The van der Waals surface area contributed by atoms with Crippen LogP contribution in [0.3, 0.4) is 0 Å². The molecule has 1 saturated heterocycles. The van der Waals surface area contributed by atoms with Crippen molar-refractivity contribution in [3.63, 3.8) is 0 Å². The van der Waals surface area contributed by atoms with Crippen LogP contribution in [0.2, 0.25) is 0 Å². The van der Waals surface area contributed by atoms with Crippen molar-refractivity contribution in [1.82, 2.24) is 0 Å². The molecule has 1 unspecified atom stereocenters. The predicted octanol–water partition coefficient (Wildman–Crippen LogP) is 4.18.